The first-order valence-electron chi connectivity index (χ1n) is 7.23. The number of hydrogen-bond acceptors (Lipinski definition) is 4. The average Bonchev–Trinajstić information content (AvgIpc) is 2.56. The molecule has 1 N–H and O–H groups in total. The largest absolute Gasteiger partial charge is 0.449 e. The van der Waals surface area contributed by atoms with E-state index in [4.69, 9.17) is 4.74 Å². The lowest BCUT2D eigenvalue weighted by Gasteiger charge is -2.15. The van der Waals surface area contributed by atoms with E-state index in [-0.39, 0.29) is 5.91 Å². The predicted octanol–water partition coefficient (Wildman–Crippen LogP) is 3.90. The lowest BCUT2D eigenvalue weighted by Crippen LogP contribution is -2.30. The fourth-order valence-electron chi connectivity index (χ4n) is 2.04. The van der Waals surface area contributed by atoms with E-state index >= 15 is 0 Å². The Morgan fingerprint density at radius 1 is 1.09 bits per heavy atom. The van der Waals surface area contributed by atoms with Gasteiger partial charge in [0.15, 0.2) is 6.10 Å². The Morgan fingerprint density at radius 3 is 2.43 bits per heavy atom. The number of anilines is 1. The summed E-state index contributed by atoms with van der Waals surface area (Å²) >= 11 is 1.46. The quantitative estimate of drug-likeness (QED) is 0.668. The maximum atomic E-state index is 12.2. The van der Waals surface area contributed by atoms with Crippen LogP contribution in [0.15, 0.2) is 53.4 Å². The predicted molar refractivity (Wildman–Crippen MR) is 92.9 cm³/mol. The molecular weight excluding hydrogens is 310 g/mol. The van der Waals surface area contributed by atoms with Crippen molar-refractivity contribution in [3.63, 3.8) is 0 Å². The van der Waals surface area contributed by atoms with Crippen molar-refractivity contribution in [2.24, 2.45) is 0 Å². The number of para-hydroxylation sites is 1. The van der Waals surface area contributed by atoms with Gasteiger partial charge < -0.3 is 10.1 Å². The summed E-state index contributed by atoms with van der Waals surface area (Å²) in [4.78, 5) is 25.3. The lowest BCUT2D eigenvalue weighted by molar-refractivity contribution is -0.123. The molecule has 0 saturated heterocycles. The molecule has 0 unspecified atom stereocenters. The average molecular weight is 329 g/mol. The first-order valence-corrected chi connectivity index (χ1v) is 8.46. The molecule has 2 aromatic carbocycles. The maximum absolute atomic E-state index is 12.2. The number of amides is 1. The third-order valence-electron chi connectivity index (χ3n) is 3.38. The molecule has 5 heteroatoms. The number of hydrogen-bond donors (Lipinski definition) is 1. The second-order valence-electron chi connectivity index (χ2n) is 5.05. The summed E-state index contributed by atoms with van der Waals surface area (Å²) in [7, 11) is 0. The molecule has 0 fully saturated rings. The number of rotatable bonds is 5. The number of thioether (sulfide) groups is 1. The minimum absolute atomic E-state index is 0.353. The Bertz CT molecular complexity index is 715. The molecule has 4 nitrogen and oxygen atoms in total. The van der Waals surface area contributed by atoms with Crippen LogP contribution < -0.4 is 5.32 Å². The Morgan fingerprint density at radius 2 is 1.74 bits per heavy atom. The zero-order chi connectivity index (χ0) is 16.8. The standard InChI is InChI=1S/C18H19NO3S/c1-12-8-4-6-10-15(12)19-17(20)13(2)22-18(21)14-9-5-7-11-16(14)23-3/h4-11,13H,1-3H3,(H,19,20)/t13-/m0/s1. The van der Waals surface area contributed by atoms with Crippen LogP contribution in [0.1, 0.15) is 22.8 Å². The van der Waals surface area contributed by atoms with E-state index < -0.39 is 12.1 Å². The van der Waals surface area contributed by atoms with Crippen LogP contribution in [0.3, 0.4) is 0 Å². The van der Waals surface area contributed by atoms with Gasteiger partial charge in [-0.2, -0.15) is 0 Å². The molecule has 0 aliphatic heterocycles. The van der Waals surface area contributed by atoms with E-state index in [1.54, 1.807) is 19.1 Å². The maximum Gasteiger partial charge on any atom is 0.340 e. The number of benzene rings is 2. The van der Waals surface area contributed by atoms with E-state index in [0.717, 1.165) is 10.5 Å². The summed E-state index contributed by atoms with van der Waals surface area (Å²) in [6, 6.07) is 14.6. The molecule has 0 bridgehead atoms. The number of carbonyl (C=O) groups is 2. The van der Waals surface area contributed by atoms with Crippen LogP contribution in [0.25, 0.3) is 0 Å². The molecule has 0 radical (unpaired) electrons. The van der Waals surface area contributed by atoms with Crippen molar-refractivity contribution in [1.29, 1.82) is 0 Å². The van der Waals surface area contributed by atoms with Gasteiger partial charge in [0.1, 0.15) is 0 Å². The van der Waals surface area contributed by atoms with Gasteiger partial charge in [0.2, 0.25) is 0 Å². The fourth-order valence-corrected chi connectivity index (χ4v) is 2.62. The summed E-state index contributed by atoms with van der Waals surface area (Å²) in [6.45, 7) is 3.47. The van der Waals surface area contributed by atoms with Crippen LogP contribution in [0.4, 0.5) is 5.69 Å². The molecule has 2 aromatic rings. The van der Waals surface area contributed by atoms with Gasteiger partial charge in [0.25, 0.3) is 5.91 Å². The van der Waals surface area contributed by atoms with Crippen LogP contribution in [-0.2, 0) is 9.53 Å². The first kappa shape index (κ1) is 17.1. The third-order valence-corrected chi connectivity index (χ3v) is 4.18. The Hall–Kier alpha value is -2.27. The van der Waals surface area contributed by atoms with Crippen molar-refractivity contribution >= 4 is 29.3 Å². The molecule has 1 atom stereocenters. The second-order valence-corrected chi connectivity index (χ2v) is 5.90. The van der Waals surface area contributed by atoms with Crippen molar-refractivity contribution in [1.82, 2.24) is 0 Å². The lowest BCUT2D eigenvalue weighted by atomic mass is 10.2. The number of ether oxygens (including phenoxy) is 1. The molecule has 23 heavy (non-hydrogen) atoms. The summed E-state index contributed by atoms with van der Waals surface area (Å²) < 4.78 is 5.29. The second kappa shape index (κ2) is 7.83. The van der Waals surface area contributed by atoms with Crippen molar-refractivity contribution in [2.75, 3.05) is 11.6 Å². The van der Waals surface area contributed by atoms with Crippen LogP contribution in [-0.4, -0.2) is 24.2 Å². The molecule has 0 aliphatic carbocycles. The highest BCUT2D eigenvalue weighted by atomic mass is 32.2. The van der Waals surface area contributed by atoms with Gasteiger partial charge in [0.05, 0.1) is 5.56 Å². The van der Waals surface area contributed by atoms with Crippen molar-refractivity contribution in [3.05, 3.63) is 59.7 Å². The smallest absolute Gasteiger partial charge is 0.340 e. The number of aryl methyl sites for hydroxylation is 1. The highest BCUT2D eigenvalue weighted by molar-refractivity contribution is 7.98. The summed E-state index contributed by atoms with van der Waals surface area (Å²) in [5.74, 6) is -0.850. The van der Waals surface area contributed by atoms with Crippen molar-refractivity contribution in [3.8, 4) is 0 Å². The first-order chi connectivity index (χ1) is 11.0. The van der Waals surface area contributed by atoms with E-state index in [0.29, 0.717) is 11.3 Å². The molecular formula is C18H19NO3S. The van der Waals surface area contributed by atoms with Crippen LogP contribution >= 0.6 is 11.8 Å². The normalized spacial score (nSPS) is 11.6. The van der Waals surface area contributed by atoms with E-state index in [1.807, 2.05) is 49.6 Å². The minimum Gasteiger partial charge on any atom is -0.449 e. The Balaban J connectivity index is 2.03. The molecule has 0 spiro atoms. The monoisotopic (exact) mass is 329 g/mol. The molecule has 1 amide bonds. The minimum atomic E-state index is -0.878. The summed E-state index contributed by atoms with van der Waals surface area (Å²) in [6.07, 6.45) is 1.01. The van der Waals surface area contributed by atoms with Gasteiger partial charge in [-0.1, -0.05) is 30.3 Å². The Labute approximate surface area is 140 Å². The molecule has 120 valence electrons. The molecule has 0 saturated carbocycles. The van der Waals surface area contributed by atoms with E-state index in [9.17, 15) is 9.59 Å². The highest BCUT2D eigenvalue weighted by Crippen LogP contribution is 2.21. The Kier molecular flexibility index (Phi) is 5.82. The number of nitrogens with one attached hydrogen (secondary N) is 1. The molecule has 0 aliphatic rings. The number of esters is 1. The molecule has 0 heterocycles. The van der Waals surface area contributed by atoms with Gasteiger partial charge in [-0.3, -0.25) is 4.79 Å². The molecule has 2 rings (SSSR count). The zero-order valence-corrected chi connectivity index (χ0v) is 14.1. The van der Waals surface area contributed by atoms with Gasteiger partial charge >= 0.3 is 5.97 Å². The summed E-state index contributed by atoms with van der Waals surface area (Å²) in [5.41, 5.74) is 2.13. The topological polar surface area (TPSA) is 55.4 Å². The van der Waals surface area contributed by atoms with E-state index in [2.05, 4.69) is 5.32 Å². The van der Waals surface area contributed by atoms with Gasteiger partial charge in [0, 0.05) is 10.6 Å². The third kappa shape index (κ3) is 4.36. The van der Waals surface area contributed by atoms with Crippen LogP contribution in [0.2, 0.25) is 0 Å². The van der Waals surface area contributed by atoms with Crippen LogP contribution in [0, 0.1) is 6.92 Å². The number of carbonyl (C=O) groups excluding carboxylic acids is 2. The van der Waals surface area contributed by atoms with Crippen molar-refractivity contribution in [2.45, 2.75) is 24.8 Å². The van der Waals surface area contributed by atoms with Crippen molar-refractivity contribution < 1.29 is 14.3 Å². The fraction of sp³-hybridized carbons (Fsp3) is 0.222. The van der Waals surface area contributed by atoms with Gasteiger partial charge in [-0.15, -0.1) is 11.8 Å². The summed E-state index contributed by atoms with van der Waals surface area (Å²) in [5, 5.41) is 2.77. The van der Waals surface area contributed by atoms with Gasteiger partial charge in [-0.25, -0.2) is 4.79 Å². The highest BCUT2D eigenvalue weighted by Gasteiger charge is 2.20. The van der Waals surface area contributed by atoms with E-state index in [1.165, 1.54) is 11.8 Å². The van der Waals surface area contributed by atoms with Gasteiger partial charge in [-0.05, 0) is 43.9 Å². The molecule has 0 aromatic heterocycles. The zero-order valence-electron chi connectivity index (χ0n) is 13.3. The van der Waals surface area contributed by atoms with Crippen LogP contribution in [0.5, 0.6) is 0 Å². The SMILES string of the molecule is CSc1ccccc1C(=O)O[C@@H](C)C(=O)Nc1ccccc1C.